The number of primary amides is 1. The second-order valence-electron chi connectivity index (χ2n) is 7.39. The molecule has 1 aliphatic rings. The Morgan fingerprint density at radius 1 is 1.13 bits per heavy atom. The Labute approximate surface area is 178 Å². The lowest BCUT2D eigenvalue weighted by molar-refractivity contribution is -0.119. The minimum absolute atomic E-state index is 0.124. The highest BCUT2D eigenvalue weighted by molar-refractivity contribution is 5.80. The van der Waals surface area contributed by atoms with Gasteiger partial charge >= 0.3 is 0 Å². The Morgan fingerprint density at radius 2 is 1.90 bits per heavy atom. The largest absolute Gasteiger partial charge is 0.484 e. The molecule has 7 heteroatoms. The summed E-state index contributed by atoms with van der Waals surface area (Å²) in [5.41, 5.74) is 8.73. The van der Waals surface area contributed by atoms with Crippen molar-refractivity contribution in [2.45, 2.75) is 20.4 Å². The van der Waals surface area contributed by atoms with Crippen molar-refractivity contribution in [2.75, 3.05) is 44.2 Å². The average Bonchev–Trinajstić information content (AvgIpc) is 2.76. The summed E-state index contributed by atoms with van der Waals surface area (Å²) in [5, 5.41) is 3.41. The highest BCUT2D eigenvalue weighted by Crippen LogP contribution is 2.18. The number of aliphatic imine (C=N–C) groups is 1. The maximum atomic E-state index is 10.9. The third-order valence-electron chi connectivity index (χ3n) is 4.97. The van der Waals surface area contributed by atoms with Gasteiger partial charge in [0, 0.05) is 38.4 Å². The number of anilines is 1. The SMILES string of the molecule is CCNC(=NCc1cccc(OCC(N)=O)c1)N1CCN(c2cccc(C)c2)CC1. The molecule has 160 valence electrons. The van der Waals surface area contributed by atoms with Crippen LogP contribution in [0.5, 0.6) is 5.75 Å². The first-order valence-corrected chi connectivity index (χ1v) is 10.4. The Bertz CT molecular complexity index is 875. The summed E-state index contributed by atoms with van der Waals surface area (Å²) in [4.78, 5) is 20.5. The number of nitrogens with one attached hydrogen (secondary N) is 1. The number of hydrogen-bond donors (Lipinski definition) is 2. The van der Waals surface area contributed by atoms with Crippen LogP contribution < -0.4 is 20.7 Å². The zero-order valence-corrected chi connectivity index (χ0v) is 17.8. The molecule has 0 bridgehead atoms. The molecule has 0 aromatic heterocycles. The third-order valence-corrected chi connectivity index (χ3v) is 4.97. The van der Waals surface area contributed by atoms with Gasteiger partial charge < -0.3 is 25.6 Å². The van der Waals surface area contributed by atoms with Crippen LogP contribution in [-0.4, -0.2) is 56.1 Å². The monoisotopic (exact) mass is 409 g/mol. The van der Waals surface area contributed by atoms with E-state index in [1.165, 1.54) is 11.3 Å². The van der Waals surface area contributed by atoms with E-state index in [9.17, 15) is 4.79 Å². The Balaban J connectivity index is 1.61. The molecule has 1 amide bonds. The standard InChI is InChI=1S/C23H31N5O2/c1-3-25-23(26-16-19-7-5-9-21(15-19)30-17-22(24)29)28-12-10-27(11-13-28)20-8-4-6-18(2)14-20/h4-9,14-15H,3,10-13,16-17H2,1-2H3,(H2,24,29)(H,25,26). The lowest BCUT2D eigenvalue weighted by Crippen LogP contribution is -2.52. The first-order valence-electron chi connectivity index (χ1n) is 10.4. The molecule has 0 atom stereocenters. The van der Waals surface area contributed by atoms with Crippen LogP contribution in [0.2, 0.25) is 0 Å². The number of ether oxygens (including phenoxy) is 1. The molecule has 0 spiro atoms. The Morgan fingerprint density at radius 3 is 2.60 bits per heavy atom. The first kappa shape index (κ1) is 21.5. The molecule has 1 saturated heterocycles. The summed E-state index contributed by atoms with van der Waals surface area (Å²) in [6, 6.07) is 16.3. The quantitative estimate of drug-likeness (QED) is 0.541. The molecule has 2 aromatic rings. The van der Waals surface area contributed by atoms with E-state index in [0.717, 1.165) is 44.2 Å². The Kier molecular flexibility index (Phi) is 7.54. The van der Waals surface area contributed by atoms with Gasteiger partial charge in [-0.2, -0.15) is 0 Å². The number of piperazine rings is 1. The van der Waals surface area contributed by atoms with Crippen molar-refractivity contribution in [3.05, 3.63) is 59.7 Å². The van der Waals surface area contributed by atoms with Crippen LogP contribution >= 0.6 is 0 Å². The fraction of sp³-hybridized carbons (Fsp3) is 0.391. The molecule has 3 rings (SSSR count). The van der Waals surface area contributed by atoms with Gasteiger partial charge in [-0.3, -0.25) is 4.79 Å². The van der Waals surface area contributed by atoms with Gasteiger partial charge in [0.1, 0.15) is 5.75 Å². The van der Waals surface area contributed by atoms with E-state index in [0.29, 0.717) is 12.3 Å². The summed E-state index contributed by atoms with van der Waals surface area (Å²) in [7, 11) is 0. The molecule has 2 aromatic carbocycles. The molecule has 3 N–H and O–H groups in total. The molecule has 7 nitrogen and oxygen atoms in total. The lowest BCUT2D eigenvalue weighted by atomic mass is 10.2. The van der Waals surface area contributed by atoms with E-state index < -0.39 is 5.91 Å². The zero-order chi connectivity index (χ0) is 21.3. The van der Waals surface area contributed by atoms with E-state index in [2.05, 4.69) is 53.2 Å². The maximum Gasteiger partial charge on any atom is 0.255 e. The molecular weight excluding hydrogens is 378 g/mol. The van der Waals surface area contributed by atoms with Gasteiger partial charge in [0.05, 0.1) is 6.54 Å². The van der Waals surface area contributed by atoms with Crippen LogP contribution in [0, 0.1) is 6.92 Å². The number of benzene rings is 2. The van der Waals surface area contributed by atoms with E-state index in [-0.39, 0.29) is 6.61 Å². The minimum Gasteiger partial charge on any atom is -0.484 e. The van der Waals surface area contributed by atoms with Crippen LogP contribution in [0.25, 0.3) is 0 Å². The van der Waals surface area contributed by atoms with E-state index in [1.54, 1.807) is 0 Å². The number of nitrogens with zero attached hydrogens (tertiary/aromatic N) is 3. The molecule has 0 radical (unpaired) electrons. The first-order chi connectivity index (χ1) is 14.5. The molecular formula is C23H31N5O2. The van der Waals surface area contributed by atoms with Gasteiger partial charge in [0.15, 0.2) is 12.6 Å². The fourth-order valence-corrected chi connectivity index (χ4v) is 3.48. The van der Waals surface area contributed by atoms with Crippen LogP contribution in [0.15, 0.2) is 53.5 Å². The molecule has 0 aliphatic carbocycles. The number of carbonyl (C=O) groups excluding carboxylic acids is 1. The highest BCUT2D eigenvalue weighted by atomic mass is 16.5. The maximum absolute atomic E-state index is 10.9. The van der Waals surface area contributed by atoms with Gasteiger partial charge in [0.2, 0.25) is 0 Å². The second kappa shape index (κ2) is 10.5. The summed E-state index contributed by atoms with van der Waals surface area (Å²) in [5.74, 6) is 1.06. The number of rotatable bonds is 7. The van der Waals surface area contributed by atoms with Crippen molar-refractivity contribution in [3.63, 3.8) is 0 Å². The number of hydrogen-bond acceptors (Lipinski definition) is 4. The second-order valence-corrected chi connectivity index (χ2v) is 7.39. The van der Waals surface area contributed by atoms with Gasteiger partial charge in [-0.1, -0.05) is 24.3 Å². The van der Waals surface area contributed by atoms with Crippen LogP contribution in [0.3, 0.4) is 0 Å². The van der Waals surface area contributed by atoms with Crippen molar-refractivity contribution in [3.8, 4) is 5.75 Å². The van der Waals surface area contributed by atoms with E-state index in [4.69, 9.17) is 15.5 Å². The van der Waals surface area contributed by atoms with Crippen LogP contribution in [0.1, 0.15) is 18.1 Å². The van der Waals surface area contributed by atoms with Crippen molar-refractivity contribution in [2.24, 2.45) is 10.7 Å². The molecule has 0 saturated carbocycles. The summed E-state index contributed by atoms with van der Waals surface area (Å²) in [6.45, 7) is 9.20. The predicted octanol–water partition coefficient (Wildman–Crippen LogP) is 2.15. The van der Waals surface area contributed by atoms with Gasteiger partial charge in [0.25, 0.3) is 5.91 Å². The van der Waals surface area contributed by atoms with E-state index >= 15 is 0 Å². The number of carbonyl (C=O) groups is 1. The van der Waals surface area contributed by atoms with Crippen molar-refractivity contribution >= 4 is 17.6 Å². The summed E-state index contributed by atoms with van der Waals surface area (Å²) in [6.07, 6.45) is 0. The topological polar surface area (TPSA) is 83.2 Å². The van der Waals surface area contributed by atoms with Gasteiger partial charge in [-0.25, -0.2) is 4.99 Å². The van der Waals surface area contributed by atoms with Crippen molar-refractivity contribution < 1.29 is 9.53 Å². The van der Waals surface area contributed by atoms with Crippen LogP contribution in [-0.2, 0) is 11.3 Å². The predicted molar refractivity (Wildman–Crippen MR) is 121 cm³/mol. The van der Waals surface area contributed by atoms with Crippen molar-refractivity contribution in [1.82, 2.24) is 10.2 Å². The molecule has 1 heterocycles. The molecule has 1 fully saturated rings. The Hall–Kier alpha value is -3.22. The molecule has 1 aliphatic heterocycles. The number of nitrogens with two attached hydrogens (primary N) is 1. The minimum atomic E-state index is -0.488. The van der Waals surface area contributed by atoms with E-state index in [1.807, 2.05) is 24.3 Å². The molecule has 0 unspecified atom stereocenters. The zero-order valence-electron chi connectivity index (χ0n) is 17.8. The highest BCUT2D eigenvalue weighted by Gasteiger charge is 2.19. The smallest absolute Gasteiger partial charge is 0.255 e. The van der Waals surface area contributed by atoms with Gasteiger partial charge in [-0.15, -0.1) is 0 Å². The third kappa shape index (κ3) is 6.14. The summed E-state index contributed by atoms with van der Waals surface area (Å²) >= 11 is 0. The lowest BCUT2D eigenvalue weighted by Gasteiger charge is -2.37. The fourth-order valence-electron chi connectivity index (χ4n) is 3.48. The number of amides is 1. The van der Waals surface area contributed by atoms with Gasteiger partial charge in [-0.05, 0) is 49.2 Å². The summed E-state index contributed by atoms with van der Waals surface area (Å²) < 4.78 is 5.39. The van der Waals surface area contributed by atoms with Crippen molar-refractivity contribution in [1.29, 1.82) is 0 Å². The van der Waals surface area contributed by atoms with Crippen LogP contribution in [0.4, 0.5) is 5.69 Å². The number of aryl methyl sites for hydroxylation is 1. The number of guanidine groups is 1. The average molecular weight is 410 g/mol. The molecule has 30 heavy (non-hydrogen) atoms. The normalized spacial score (nSPS) is 14.5.